The van der Waals surface area contributed by atoms with Crippen molar-refractivity contribution in [1.82, 2.24) is 5.32 Å². The van der Waals surface area contributed by atoms with Gasteiger partial charge in [-0.3, -0.25) is 4.79 Å². The lowest BCUT2D eigenvalue weighted by atomic mass is 9.49. The van der Waals surface area contributed by atoms with Gasteiger partial charge in [0.05, 0.1) is 6.26 Å². The Morgan fingerprint density at radius 3 is 2.39 bits per heavy atom. The smallest absolute Gasteiger partial charge is 0.374 e. The summed E-state index contributed by atoms with van der Waals surface area (Å²) in [6.07, 6.45) is 9.36. The van der Waals surface area contributed by atoms with Crippen LogP contribution >= 0.6 is 0 Å². The van der Waals surface area contributed by atoms with Gasteiger partial charge in [-0.25, -0.2) is 4.79 Å². The molecule has 0 spiro atoms. The zero-order valence-electron chi connectivity index (χ0n) is 13.3. The van der Waals surface area contributed by atoms with Crippen molar-refractivity contribution in [2.45, 2.75) is 38.5 Å². The Labute approximate surface area is 135 Å². The van der Waals surface area contributed by atoms with Gasteiger partial charge in [0.1, 0.15) is 0 Å². The highest BCUT2D eigenvalue weighted by molar-refractivity contribution is 5.88. The Bertz CT molecular complexity index is 557. The van der Waals surface area contributed by atoms with Crippen LogP contribution in [0.3, 0.4) is 0 Å². The molecule has 5 heteroatoms. The van der Waals surface area contributed by atoms with E-state index >= 15 is 0 Å². The van der Waals surface area contributed by atoms with E-state index in [0.29, 0.717) is 5.41 Å². The fraction of sp³-hybridized carbons (Fsp3) is 0.667. The minimum atomic E-state index is -0.597. The van der Waals surface area contributed by atoms with E-state index in [1.807, 2.05) is 0 Å². The van der Waals surface area contributed by atoms with Crippen LogP contribution in [0.1, 0.15) is 49.1 Å². The average molecular weight is 317 g/mol. The summed E-state index contributed by atoms with van der Waals surface area (Å²) in [5.41, 5.74) is 0.301. The first-order chi connectivity index (χ1) is 11.1. The molecule has 4 aliphatic carbocycles. The van der Waals surface area contributed by atoms with E-state index in [9.17, 15) is 9.59 Å². The van der Waals surface area contributed by atoms with Crippen LogP contribution in [0, 0.1) is 23.2 Å². The van der Waals surface area contributed by atoms with Gasteiger partial charge < -0.3 is 14.5 Å². The number of hydrogen-bond donors (Lipinski definition) is 1. The molecular formula is C18H23NO4. The number of furan rings is 1. The molecule has 5 nitrogen and oxygen atoms in total. The molecule has 4 fully saturated rings. The quantitative estimate of drug-likeness (QED) is 0.848. The van der Waals surface area contributed by atoms with Gasteiger partial charge in [0.25, 0.3) is 5.91 Å². The second-order valence-corrected chi connectivity index (χ2v) is 7.75. The monoisotopic (exact) mass is 317 g/mol. The number of rotatable bonds is 5. The van der Waals surface area contributed by atoms with Gasteiger partial charge in [-0.05, 0) is 73.8 Å². The first-order valence-electron chi connectivity index (χ1n) is 8.59. The SMILES string of the molecule is O=C(COC(=O)c1ccco1)NCC12CC3CC(CC(C3)C1)C2. The molecule has 0 saturated heterocycles. The number of nitrogens with one attached hydrogen (secondary N) is 1. The maximum absolute atomic E-state index is 12.0. The van der Waals surface area contributed by atoms with E-state index in [2.05, 4.69) is 5.32 Å². The molecule has 1 amide bonds. The fourth-order valence-electron chi connectivity index (χ4n) is 5.44. The lowest BCUT2D eigenvalue weighted by molar-refractivity contribution is -0.126. The van der Waals surface area contributed by atoms with Crippen LogP contribution in [0.15, 0.2) is 22.8 Å². The van der Waals surface area contributed by atoms with Crippen LogP contribution in [0.25, 0.3) is 0 Å². The van der Waals surface area contributed by atoms with Crippen LogP contribution in [0.4, 0.5) is 0 Å². The minimum Gasteiger partial charge on any atom is -0.457 e. The molecule has 5 rings (SSSR count). The van der Waals surface area contributed by atoms with E-state index in [0.717, 1.165) is 24.3 Å². The van der Waals surface area contributed by atoms with Gasteiger partial charge in [0.15, 0.2) is 6.61 Å². The molecular weight excluding hydrogens is 294 g/mol. The Morgan fingerprint density at radius 2 is 1.83 bits per heavy atom. The zero-order chi connectivity index (χ0) is 15.9. The summed E-state index contributed by atoms with van der Waals surface area (Å²) in [5, 5.41) is 2.99. The molecule has 0 radical (unpaired) electrons. The molecule has 4 bridgehead atoms. The van der Waals surface area contributed by atoms with Crippen LogP contribution in [0.2, 0.25) is 0 Å². The van der Waals surface area contributed by atoms with Crippen molar-refractivity contribution in [3.63, 3.8) is 0 Å². The van der Waals surface area contributed by atoms with Crippen LogP contribution in [0.5, 0.6) is 0 Å². The lowest BCUT2D eigenvalue weighted by Gasteiger charge is -2.56. The highest BCUT2D eigenvalue weighted by Gasteiger charge is 2.50. The van der Waals surface area contributed by atoms with Gasteiger partial charge in [0.2, 0.25) is 5.76 Å². The summed E-state index contributed by atoms with van der Waals surface area (Å²) >= 11 is 0. The average Bonchev–Trinajstić information content (AvgIpc) is 3.04. The minimum absolute atomic E-state index is 0.124. The maximum Gasteiger partial charge on any atom is 0.374 e. The van der Waals surface area contributed by atoms with Crippen molar-refractivity contribution in [1.29, 1.82) is 0 Å². The van der Waals surface area contributed by atoms with E-state index in [4.69, 9.17) is 9.15 Å². The Balaban J connectivity index is 1.26. The molecule has 0 atom stereocenters. The molecule has 1 aromatic rings. The predicted octanol–water partition coefficient (Wildman–Crippen LogP) is 2.77. The fourth-order valence-corrected chi connectivity index (χ4v) is 5.44. The van der Waals surface area contributed by atoms with Crippen molar-refractivity contribution in [2.75, 3.05) is 13.2 Å². The first kappa shape index (κ1) is 14.8. The summed E-state index contributed by atoms with van der Waals surface area (Å²) in [6.45, 7) is 0.486. The number of carbonyl (C=O) groups is 2. The van der Waals surface area contributed by atoms with Crippen molar-refractivity contribution in [3.8, 4) is 0 Å². The third-order valence-corrected chi connectivity index (χ3v) is 5.88. The molecule has 0 aromatic carbocycles. The van der Waals surface area contributed by atoms with Crippen molar-refractivity contribution >= 4 is 11.9 Å². The van der Waals surface area contributed by atoms with Crippen molar-refractivity contribution < 1.29 is 18.7 Å². The van der Waals surface area contributed by atoms with Crippen LogP contribution in [-0.2, 0) is 9.53 Å². The molecule has 0 unspecified atom stereocenters. The van der Waals surface area contributed by atoms with Gasteiger partial charge in [-0.1, -0.05) is 0 Å². The zero-order valence-corrected chi connectivity index (χ0v) is 13.3. The van der Waals surface area contributed by atoms with Gasteiger partial charge in [0, 0.05) is 6.54 Å². The van der Waals surface area contributed by atoms with E-state index in [-0.39, 0.29) is 18.3 Å². The van der Waals surface area contributed by atoms with E-state index < -0.39 is 5.97 Å². The van der Waals surface area contributed by atoms with Crippen LogP contribution in [-0.4, -0.2) is 25.0 Å². The molecule has 124 valence electrons. The van der Waals surface area contributed by atoms with Gasteiger partial charge in [-0.15, -0.1) is 0 Å². The second kappa shape index (κ2) is 5.69. The predicted molar refractivity (Wildman–Crippen MR) is 82.6 cm³/mol. The van der Waals surface area contributed by atoms with Crippen LogP contribution < -0.4 is 5.32 Å². The Hall–Kier alpha value is -1.78. The third kappa shape index (κ3) is 3.01. The molecule has 1 heterocycles. The Morgan fingerprint density at radius 1 is 1.17 bits per heavy atom. The van der Waals surface area contributed by atoms with Gasteiger partial charge >= 0.3 is 5.97 Å². The summed E-state index contributed by atoms with van der Waals surface area (Å²) in [5.74, 6) is 1.92. The van der Waals surface area contributed by atoms with E-state index in [1.54, 1.807) is 6.07 Å². The molecule has 23 heavy (non-hydrogen) atoms. The molecule has 1 N–H and O–H groups in total. The first-order valence-corrected chi connectivity index (χ1v) is 8.59. The standard InChI is InChI=1S/C18H23NO4/c20-16(10-23-17(21)15-2-1-3-22-15)19-11-18-7-12-4-13(8-18)6-14(5-12)9-18/h1-3,12-14H,4-11H2,(H,19,20). The second-order valence-electron chi connectivity index (χ2n) is 7.75. The lowest BCUT2D eigenvalue weighted by Crippen LogP contribution is -2.51. The summed E-state index contributed by atoms with van der Waals surface area (Å²) in [7, 11) is 0. The summed E-state index contributed by atoms with van der Waals surface area (Å²) in [4.78, 5) is 23.6. The number of esters is 1. The molecule has 4 aliphatic rings. The van der Waals surface area contributed by atoms with Crippen molar-refractivity contribution in [3.05, 3.63) is 24.2 Å². The largest absolute Gasteiger partial charge is 0.457 e. The Kier molecular flexibility index (Phi) is 3.66. The molecule has 1 aromatic heterocycles. The number of ether oxygens (including phenoxy) is 1. The summed E-state index contributed by atoms with van der Waals surface area (Å²) in [6, 6.07) is 3.14. The molecule has 4 saturated carbocycles. The highest BCUT2D eigenvalue weighted by atomic mass is 16.5. The summed E-state index contributed by atoms with van der Waals surface area (Å²) < 4.78 is 9.92. The normalized spacial score (nSPS) is 34.3. The van der Waals surface area contributed by atoms with Gasteiger partial charge in [-0.2, -0.15) is 0 Å². The third-order valence-electron chi connectivity index (χ3n) is 5.88. The topological polar surface area (TPSA) is 68.5 Å². The van der Waals surface area contributed by atoms with E-state index in [1.165, 1.54) is 50.9 Å². The van der Waals surface area contributed by atoms with Crippen molar-refractivity contribution in [2.24, 2.45) is 23.2 Å². The maximum atomic E-state index is 12.0. The number of amides is 1. The number of hydrogen-bond acceptors (Lipinski definition) is 4. The highest BCUT2D eigenvalue weighted by Crippen LogP contribution is 2.59. The molecule has 0 aliphatic heterocycles. The number of carbonyl (C=O) groups excluding carboxylic acids is 2.